The van der Waals surface area contributed by atoms with Gasteiger partial charge in [0.1, 0.15) is 5.82 Å². The van der Waals surface area contributed by atoms with Gasteiger partial charge in [-0.1, -0.05) is 11.6 Å². The van der Waals surface area contributed by atoms with Crippen molar-refractivity contribution < 1.29 is 9.18 Å². The van der Waals surface area contributed by atoms with Gasteiger partial charge >= 0.3 is 0 Å². The lowest BCUT2D eigenvalue weighted by molar-refractivity contribution is 0.102. The minimum Gasteiger partial charge on any atom is -0.384 e. The van der Waals surface area contributed by atoms with E-state index in [4.69, 9.17) is 17.3 Å². The van der Waals surface area contributed by atoms with Crippen molar-refractivity contribution in [3.05, 3.63) is 47.1 Å². The molecule has 0 aliphatic heterocycles. The number of amides is 1. The van der Waals surface area contributed by atoms with E-state index in [9.17, 15) is 9.18 Å². The molecule has 0 unspecified atom stereocenters. The Morgan fingerprint density at radius 2 is 2.22 bits per heavy atom. The Labute approximate surface area is 107 Å². The molecule has 5 nitrogen and oxygen atoms in total. The summed E-state index contributed by atoms with van der Waals surface area (Å²) in [4.78, 5) is 19.2. The fourth-order valence-electron chi connectivity index (χ4n) is 1.30. The number of nitrogens with zero attached hydrogens (tertiary/aromatic N) is 2. The third-order valence-corrected chi connectivity index (χ3v) is 2.44. The fourth-order valence-corrected chi connectivity index (χ4v) is 1.48. The average molecular weight is 267 g/mol. The molecule has 2 heterocycles. The Morgan fingerprint density at radius 3 is 2.94 bits per heavy atom. The first kappa shape index (κ1) is 12.3. The first-order valence-electron chi connectivity index (χ1n) is 4.90. The second-order valence-corrected chi connectivity index (χ2v) is 3.81. The van der Waals surface area contributed by atoms with E-state index in [0.29, 0.717) is 0 Å². The second-order valence-electron chi connectivity index (χ2n) is 3.40. The highest BCUT2D eigenvalue weighted by Crippen LogP contribution is 2.19. The molecule has 18 heavy (non-hydrogen) atoms. The molecule has 1 amide bonds. The topological polar surface area (TPSA) is 80.9 Å². The van der Waals surface area contributed by atoms with Crippen LogP contribution in [0.3, 0.4) is 0 Å². The van der Waals surface area contributed by atoms with Gasteiger partial charge in [-0.2, -0.15) is 0 Å². The zero-order chi connectivity index (χ0) is 13.1. The van der Waals surface area contributed by atoms with Crippen LogP contribution in [0.5, 0.6) is 0 Å². The van der Waals surface area contributed by atoms with E-state index in [-0.39, 0.29) is 22.1 Å². The third kappa shape index (κ3) is 2.54. The van der Waals surface area contributed by atoms with Gasteiger partial charge in [0.15, 0.2) is 5.82 Å². The zero-order valence-corrected chi connectivity index (χ0v) is 9.78. The summed E-state index contributed by atoms with van der Waals surface area (Å²) in [5, 5.41) is 2.51. The van der Waals surface area contributed by atoms with E-state index >= 15 is 0 Å². The Bertz CT molecular complexity index is 605. The molecule has 0 bridgehead atoms. The molecule has 0 radical (unpaired) electrons. The predicted octanol–water partition coefficient (Wildman–Crippen LogP) is 2.10. The first-order valence-corrected chi connectivity index (χ1v) is 5.27. The zero-order valence-electron chi connectivity index (χ0n) is 9.02. The van der Waals surface area contributed by atoms with Crippen molar-refractivity contribution in [1.29, 1.82) is 0 Å². The van der Waals surface area contributed by atoms with Gasteiger partial charge in [-0.15, -0.1) is 0 Å². The largest absolute Gasteiger partial charge is 0.384 e. The van der Waals surface area contributed by atoms with Crippen molar-refractivity contribution in [2.45, 2.75) is 0 Å². The highest BCUT2D eigenvalue weighted by atomic mass is 35.5. The molecule has 0 fully saturated rings. The van der Waals surface area contributed by atoms with Crippen LogP contribution in [0.15, 0.2) is 30.7 Å². The van der Waals surface area contributed by atoms with E-state index in [2.05, 4.69) is 15.3 Å². The summed E-state index contributed by atoms with van der Waals surface area (Å²) in [5.74, 6) is -1.05. The van der Waals surface area contributed by atoms with Crippen LogP contribution in [0.4, 0.5) is 15.9 Å². The van der Waals surface area contributed by atoms with Crippen LogP contribution in [0, 0.1) is 5.82 Å². The number of nitrogen functional groups attached to an aromatic ring is 1. The monoisotopic (exact) mass is 266 g/mol. The molecule has 7 heteroatoms. The highest BCUT2D eigenvalue weighted by Gasteiger charge is 2.13. The number of aromatic nitrogens is 2. The van der Waals surface area contributed by atoms with Gasteiger partial charge in [-0.3, -0.25) is 9.78 Å². The fraction of sp³-hybridized carbons (Fsp3) is 0. The third-order valence-electron chi connectivity index (χ3n) is 2.14. The summed E-state index contributed by atoms with van der Waals surface area (Å²) in [6, 6.07) is 2.66. The van der Waals surface area contributed by atoms with Crippen LogP contribution in [-0.2, 0) is 0 Å². The molecular formula is C11H8ClFN4O. The summed E-state index contributed by atoms with van der Waals surface area (Å²) in [6.45, 7) is 0. The second kappa shape index (κ2) is 4.97. The van der Waals surface area contributed by atoms with Gasteiger partial charge < -0.3 is 11.1 Å². The Hall–Kier alpha value is -2.21. The van der Waals surface area contributed by atoms with Crippen LogP contribution >= 0.6 is 11.6 Å². The molecule has 2 aromatic rings. The molecule has 0 saturated carbocycles. The molecular weight excluding hydrogens is 259 g/mol. The molecule has 3 N–H and O–H groups in total. The van der Waals surface area contributed by atoms with E-state index in [0.717, 1.165) is 6.20 Å². The van der Waals surface area contributed by atoms with Gasteiger partial charge in [0, 0.05) is 12.4 Å². The number of halogens is 2. The van der Waals surface area contributed by atoms with E-state index < -0.39 is 11.7 Å². The van der Waals surface area contributed by atoms with Crippen LogP contribution < -0.4 is 11.1 Å². The Kier molecular flexibility index (Phi) is 3.38. The lowest BCUT2D eigenvalue weighted by atomic mass is 10.2. The van der Waals surface area contributed by atoms with Crippen molar-refractivity contribution in [3.8, 4) is 0 Å². The van der Waals surface area contributed by atoms with Crippen LogP contribution in [-0.4, -0.2) is 15.9 Å². The average Bonchev–Trinajstić information content (AvgIpc) is 2.35. The normalized spacial score (nSPS) is 10.1. The van der Waals surface area contributed by atoms with Crippen molar-refractivity contribution in [3.63, 3.8) is 0 Å². The summed E-state index contributed by atoms with van der Waals surface area (Å²) in [5.41, 5.74) is 5.60. The number of carbonyl (C=O) groups is 1. The van der Waals surface area contributed by atoms with Gasteiger partial charge in [0.2, 0.25) is 0 Å². The summed E-state index contributed by atoms with van der Waals surface area (Å²) < 4.78 is 13.3. The van der Waals surface area contributed by atoms with Crippen molar-refractivity contribution in [2.24, 2.45) is 0 Å². The minimum atomic E-state index is -0.635. The molecule has 0 saturated heterocycles. The van der Waals surface area contributed by atoms with Crippen LogP contribution in [0.25, 0.3) is 0 Å². The number of pyridine rings is 2. The number of hydrogen-bond donors (Lipinski definition) is 2. The molecule has 0 aliphatic carbocycles. The van der Waals surface area contributed by atoms with Gasteiger partial charge in [-0.05, 0) is 12.1 Å². The van der Waals surface area contributed by atoms with E-state index in [1.807, 2.05) is 0 Å². The number of nitrogens with one attached hydrogen (secondary N) is 1. The first-order chi connectivity index (χ1) is 8.58. The molecule has 2 aromatic heterocycles. The van der Waals surface area contributed by atoms with E-state index in [1.165, 1.54) is 24.5 Å². The lowest BCUT2D eigenvalue weighted by Gasteiger charge is -2.07. The predicted molar refractivity (Wildman–Crippen MR) is 65.8 cm³/mol. The maximum absolute atomic E-state index is 13.3. The van der Waals surface area contributed by atoms with Gasteiger partial charge in [0.05, 0.1) is 22.5 Å². The van der Waals surface area contributed by atoms with Crippen molar-refractivity contribution >= 4 is 29.0 Å². The minimum absolute atomic E-state index is 0.0152. The van der Waals surface area contributed by atoms with Crippen molar-refractivity contribution in [1.82, 2.24) is 9.97 Å². The quantitative estimate of drug-likeness (QED) is 0.872. The number of hydrogen-bond acceptors (Lipinski definition) is 4. The van der Waals surface area contributed by atoms with Gasteiger partial charge in [-0.25, -0.2) is 9.37 Å². The summed E-state index contributed by atoms with van der Waals surface area (Å²) in [6.07, 6.45) is 3.62. The molecule has 0 aromatic carbocycles. The lowest BCUT2D eigenvalue weighted by Crippen LogP contribution is -2.14. The summed E-state index contributed by atoms with van der Waals surface area (Å²) in [7, 11) is 0. The number of carbonyl (C=O) groups excluding carboxylic acids is 1. The molecule has 2 rings (SSSR count). The smallest absolute Gasteiger partial charge is 0.257 e. The van der Waals surface area contributed by atoms with Crippen molar-refractivity contribution in [2.75, 3.05) is 11.1 Å². The maximum atomic E-state index is 13.3. The standard InChI is InChI=1S/C11H8ClFN4O/c12-7-4-16-10(14)3-6(7)11(18)17-9-1-2-15-5-8(9)13/h1-5H,(H2,14,16)(H,15,17,18). The Morgan fingerprint density at radius 1 is 1.44 bits per heavy atom. The molecule has 0 spiro atoms. The number of nitrogens with two attached hydrogens (primary N) is 1. The maximum Gasteiger partial charge on any atom is 0.257 e. The SMILES string of the molecule is Nc1cc(C(=O)Nc2ccncc2F)c(Cl)cn1. The van der Waals surface area contributed by atoms with Crippen LogP contribution in [0.2, 0.25) is 5.02 Å². The number of rotatable bonds is 2. The molecule has 92 valence electrons. The number of anilines is 2. The molecule has 0 aliphatic rings. The summed E-state index contributed by atoms with van der Waals surface area (Å²) >= 11 is 5.81. The highest BCUT2D eigenvalue weighted by molar-refractivity contribution is 6.34. The van der Waals surface area contributed by atoms with E-state index in [1.54, 1.807) is 0 Å². The van der Waals surface area contributed by atoms with Crippen LogP contribution in [0.1, 0.15) is 10.4 Å². The van der Waals surface area contributed by atoms with Gasteiger partial charge in [0.25, 0.3) is 5.91 Å². The Balaban J connectivity index is 2.28. The molecule has 0 atom stereocenters.